The van der Waals surface area contributed by atoms with Crippen molar-refractivity contribution >= 4 is 26.6 Å². The van der Waals surface area contributed by atoms with E-state index in [0.29, 0.717) is 5.52 Å². The van der Waals surface area contributed by atoms with Gasteiger partial charge in [-0.05, 0) is 49.6 Å². The van der Waals surface area contributed by atoms with E-state index < -0.39 is 10.0 Å². The molecule has 1 aliphatic rings. The first-order chi connectivity index (χ1) is 11.5. The number of nitrogens with zero attached hydrogens (tertiary/aromatic N) is 2. The molecule has 4 rings (SSSR count). The Morgan fingerprint density at radius 1 is 1.12 bits per heavy atom. The zero-order chi connectivity index (χ0) is 16.9. The van der Waals surface area contributed by atoms with Gasteiger partial charge in [0.15, 0.2) is 0 Å². The molecule has 3 aromatic rings. The van der Waals surface area contributed by atoms with Gasteiger partial charge in [0.25, 0.3) is 10.0 Å². The molecule has 1 aliphatic heterocycles. The van der Waals surface area contributed by atoms with Gasteiger partial charge < -0.3 is 0 Å². The molecule has 122 valence electrons. The first-order valence-electron chi connectivity index (χ1n) is 7.96. The maximum Gasteiger partial charge on any atom is 0.266 e. The lowest BCUT2D eigenvalue weighted by atomic mass is 10.1. The van der Waals surface area contributed by atoms with E-state index in [0.717, 1.165) is 28.6 Å². The standard InChI is InChI=1S/C19H18N2O2S/c1-13-10-16-7-5-9-18(19(16)20-12-13)24(22,23)21-14(2)11-15-6-3-4-8-17(15)21/h3-10,12,14H,11H2,1-2H3/t14-/m0/s1. The molecule has 24 heavy (non-hydrogen) atoms. The van der Waals surface area contributed by atoms with Crippen LogP contribution in [0.3, 0.4) is 0 Å². The second kappa shape index (κ2) is 5.31. The summed E-state index contributed by atoms with van der Waals surface area (Å²) in [6.07, 6.45) is 2.44. The van der Waals surface area contributed by atoms with Crippen LogP contribution in [0.5, 0.6) is 0 Å². The van der Waals surface area contributed by atoms with E-state index in [1.54, 1.807) is 22.6 Å². The summed E-state index contributed by atoms with van der Waals surface area (Å²) < 4.78 is 28.3. The van der Waals surface area contributed by atoms with Crippen LogP contribution in [0.25, 0.3) is 10.9 Å². The van der Waals surface area contributed by atoms with E-state index in [1.807, 2.05) is 50.2 Å². The molecule has 1 aromatic heterocycles. The lowest BCUT2D eigenvalue weighted by Gasteiger charge is -2.25. The summed E-state index contributed by atoms with van der Waals surface area (Å²) in [7, 11) is -3.67. The van der Waals surface area contributed by atoms with Crippen molar-refractivity contribution in [3.63, 3.8) is 0 Å². The van der Waals surface area contributed by atoms with Gasteiger partial charge in [-0.15, -0.1) is 0 Å². The number of para-hydroxylation sites is 2. The lowest BCUT2D eigenvalue weighted by molar-refractivity contribution is 0.585. The van der Waals surface area contributed by atoms with Crippen LogP contribution in [-0.4, -0.2) is 19.4 Å². The van der Waals surface area contributed by atoms with Gasteiger partial charge >= 0.3 is 0 Å². The minimum Gasteiger partial charge on any atom is -0.263 e. The van der Waals surface area contributed by atoms with E-state index >= 15 is 0 Å². The number of aryl methyl sites for hydroxylation is 1. The molecular weight excluding hydrogens is 320 g/mol. The Bertz CT molecular complexity index is 1040. The Balaban J connectivity index is 1.94. The van der Waals surface area contributed by atoms with Crippen molar-refractivity contribution < 1.29 is 8.42 Å². The normalized spacial score (nSPS) is 17.2. The first kappa shape index (κ1) is 15.1. The van der Waals surface area contributed by atoms with Crippen LogP contribution in [0.4, 0.5) is 5.69 Å². The van der Waals surface area contributed by atoms with Crippen LogP contribution in [0.2, 0.25) is 0 Å². The Kier molecular flexibility index (Phi) is 3.35. The third-order valence-corrected chi connectivity index (χ3v) is 6.45. The Morgan fingerprint density at radius 3 is 2.75 bits per heavy atom. The van der Waals surface area contributed by atoms with Crippen LogP contribution in [-0.2, 0) is 16.4 Å². The quantitative estimate of drug-likeness (QED) is 0.716. The van der Waals surface area contributed by atoms with Gasteiger partial charge in [-0.2, -0.15) is 0 Å². The minimum absolute atomic E-state index is 0.104. The summed E-state index contributed by atoms with van der Waals surface area (Å²) in [5, 5.41) is 0.844. The van der Waals surface area contributed by atoms with Gasteiger partial charge in [0.1, 0.15) is 4.90 Å². The Morgan fingerprint density at radius 2 is 1.92 bits per heavy atom. The van der Waals surface area contributed by atoms with Gasteiger partial charge in [-0.25, -0.2) is 8.42 Å². The topological polar surface area (TPSA) is 50.3 Å². The number of pyridine rings is 1. The second-order valence-corrected chi connectivity index (χ2v) is 8.11. The van der Waals surface area contributed by atoms with Crippen LogP contribution in [0.1, 0.15) is 18.1 Å². The van der Waals surface area contributed by atoms with Crippen molar-refractivity contribution in [2.45, 2.75) is 31.2 Å². The van der Waals surface area contributed by atoms with Crippen molar-refractivity contribution in [3.8, 4) is 0 Å². The maximum atomic E-state index is 13.4. The molecule has 0 fully saturated rings. The molecule has 0 unspecified atom stereocenters. The predicted octanol–water partition coefficient (Wildman–Crippen LogP) is 3.68. The molecule has 0 N–H and O–H groups in total. The number of hydrogen-bond acceptors (Lipinski definition) is 3. The van der Waals surface area contributed by atoms with Crippen molar-refractivity contribution in [2.24, 2.45) is 0 Å². The van der Waals surface area contributed by atoms with Crippen molar-refractivity contribution in [2.75, 3.05) is 4.31 Å². The second-order valence-electron chi connectivity index (χ2n) is 6.32. The number of fused-ring (bicyclic) bond motifs is 2. The molecule has 0 bridgehead atoms. The van der Waals surface area contributed by atoms with E-state index in [4.69, 9.17) is 0 Å². The highest BCUT2D eigenvalue weighted by molar-refractivity contribution is 7.93. The van der Waals surface area contributed by atoms with E-state index in [2.05, 4.69) is 4.98 Å². The Hall–Kier alpha value is -2.40. The average Bonchev–Trinajstić information content (AvgIpc) is 2.90. The highest BCUT2D eigenvalue weighted by atomic mass is 32.2. The Labute approximate surface area is 141 Å². The average molecular weight is 338 g/mol. The van der Waals surface area contributed by atoms with Gasteiger partial charge in [0.2, 0.25) is 0 Å². The fraction of sp³-hybridized carbons (Fsp3) is 0.211. The predicted molar refractivity (Wildman–Crippen MR) is 95.8 cm³/mol. The highest BCUT2D eigenvalue weighted by Crippen LogP contribution is 2.37. The molecule has 5 heteroatoms. The number of anilines is 1. The molecule has 2 heterocycles. The van der Waals surface area contributed by atoms with Gasteiger partial charge in [-0.3, -0.25) is 9.29 Å². The molecule has 0 amide bonds. The largest absolute Gasteiger partial charge is 0.266 e. The van der Waals surface area contributed by atoms with E-state index in [9.17, 15) is 8.42 Å². The summed E-state index contributed by atoms with van der Waals surface area (Å²) in [5.74, 6) is 0. The molecule has 2 aromatic carbocycles. The lowest BCUT2D eigenvalue weighted by Crippen LogP contribution is -2.35. The minimum atomic E-state index is -3.67. The molecule has 0 radical (unpaired) electrons. The molecule has 1 atom stereocenters. The molecule has 0 saturated heterocycles. The summed E-state index contributed by atoms with van der Waals surface area (Å²) in [6, 6.07) is 14.9. The van der Waals surface area contributed by atoms with Crippen LogP contribution in [0.15, 0.2) is 59.6 Å². The number of aromatic nitrogens is 1. The van der Waals surface area contributed by atoms with Crippen LogP contribution < -0.4 is 4.31 Å². The number of benzene rings is 2. The SMILES string of the molecule is Cc1cnc2c(S(=O)(=O)N3c4ccccc4C[C@@H]3C)cccc2c1. The zero-order valence-corrected chi connectivity index (χ0v) is 14.4. The van der Waals surface area contributed by atoms with Crippen molar-refractivity contribution in [1.29, 1.82) is 0 Å². The first-order valence-corrected chi connectivity index (χ1v) is 9.40. The maximum absolute atomic E-state index is 13.4. The van der Waals surface area contributed by atoms with E-state index in [-0.39, 0.29) is 10.9 Å². The van der Waals surface area contributed by atoms with Gasteiger partial charge in [0.05, 0.1) is 11.2 Å². The summed E-state index contributed by atoms with van der Waals surface area (Å²) in [6.45, 7) is 3.90. The number of rotatable bonds is 2. The number of sulfonamides is 1. The molecule has 0 saturated carbocycles. The summed E-state index contributed by atoms with van der Waals surface area (Å²) in [5.41, 5.74) is 3.38. The summed E-state index contributed by atoms with van der Waals surface area (Å²) >= 11 is 0. The van der Waals surface area contributed by atoms with E-state index in [1.165, 1.54) is 0 Å². The van der Waals surface area contributed by atoms with Crippen LogP contribution >= 0.6 is 0 Å². The third kappa shape index (κ3) is 2.19. The van der Waals surface area contributed by atoms with Crippen molar-refractivity contribution in [3.05, 3.63) is 65.9 Å². The summed E-state index contributed by atoms with van der Waals surface area (Å²) in [4.78, 5) is 4.66. The molecule has 0 spiro atoms. The fourth-order valence-corrected chi connectivity index (χ4v) is 5.32. The third-order valence-electron chi connectivity index (χ3n) is 4.49. The van der Waals surface area contributed by atoms with Crippen LogP contribution in [0, 0.1) is 6.92 Å². The molecule has 0 aliphatic carbocycles. The van der Waals surface area contributed by atoms with Gasteiger partial charge in [-0.1, -0.05) is 30.3 Å². The highest BCUT2D eigenvalue weighted by Gasteiger charge is 2.36. The monoisotopic (exact) mass is 338 g/mol. The van der Waals surface area contributed by atoms with Crippen molar-refractivity contribution in [1.82, 2.24) is 4.98 Å². The van der Waals surface area contributed by atoms with Gasteiger partial charge in [0, 0.05) is 17.6 Å². The smallest absolute Gasteiger partial charge is 0.263 e. The molecular formula is C19H18N2O2S. The zero-order valence-electron chi connectivity index (χ0n) is 13.6. The number of hydrogen-bond donors (Lipinski definition) is 0. The fourth-order valence-electron chi connectivity index (χ4n) is 3.46. The molecule has 4 nitrogen and oxygen atoms in total.